The van der Waals surface area contributed by atoms with Gasteiger partial charge in [0.2, 0.25) is 5.91 Å². The molecule has 1 N–H and O–H groups in total. The Labute approximate surface area is 129 Å². The number of carbonyl (C=O) groups excluding carboxylic acids is 1. The normalized spacial score (nSPS) is 11.0. The quantitative estimate of drug-likeness (QED) is 0.659. The highest BCUT2D eigenvalue weighted by Gasteiger charge is 2.01. The molecule has 4 nitrogen and oxygen atoms in total. The number of benzene rings is 1. The highest BCUT2D eigenvalue weighted by atomic mass is 19.1. The van der Waals surface area contributed by atoms with Crippen molar-refractivity contribution < 1.29 is 9.18 Å². The summed E-state index contributed by atoms with van der Waals surface area (Å²) in [7, 11) is 0. The zero-order chi connectivity index (χ0) is 15.9. The number of hydrogen-bond donors (Lipinski definition) is 1. The van der Waals surface area contributed by atoms with Crippen LogP contribution in [0.4, 0.5) is 4.39 Å². The Bertz CT molecular complexity index is 659. The highest BCUT2D eigenvalue weighted by Crippen LogP contribution is 2.04. The molecule has 22 heavy (non-hydrogen) atoms. The van der Waals surface area contributed by atoms with E-state index in [1.807, 2.05) is 24.6 Å². The molecule has 5 heteroatoms. The summed E-state index contributed by atoms with van der Waals surface area (Å²) in [6.07, 6.45) is 3.93. The Balaban J connectivity index is 1.71. The van der Waals surface area contributed by atoms with Crippen LogP contribution in [0.2, 0.25) is 0 Å². The number of rotatable bonds is 6. The topological polar surface area (TPSA) is 46.9 Å². The van der Waals surface area contributed by atoms with Gasteiger partial charge in [-0.1, -0.05) is 12.1 Å². The molecule has 1 amide bonds. The lowest BCUT2D eigenvalue weighted by Gasteiger charge is -2.05. The summed E-state index contributed by atoms with van der Waals surface area (Å²) in [5.74, 6) is -0.441. The van der Waals surface area contributed by atoms with Crippen LogP contribution in [0.1, 0.15) is 23.4 Å². The molecule has 0 aliphatic rings. The van der Waals surface area contributed by atoms with Gasteiger partial charge in [-0.2, -0.15) is 5.10 Å². The fourth-order valence-electron chi connectivity index (χ4n) is 2.15. The van der Waals surface area contributed by atoms with Crippen molar-refractivity contribution in [1.82, 2.24) is 15.1 Å². The van der Waals surface area contributed by atoms with E-state index in [1.54, 1.807) is 18.2 Å². The van der Waals surface area contributed by atoms with E-state index in [-0.39, 0.29) is 11.7 Å². The lowest BCUT2D eigenvalue weighted by Crippen LogP contribution is -2.23. The van der Waals surface area contributed by atoms with Crippen LogP contribution in [0.25, 0.3) is 6.08 Å². The van der Waals surface area contributed by atoms with Crippen LogP contribution in [0, 0.1) is 19.7 Å². The van der Waals surface area contributed by atoms with Gasteiger partial charge in [0, 0.05) is 24.9 Å². The molecule has 1 heterocycles. The fraction of sp³-hybridized carbons (Fsp3) is 0.294. The molecule has 0 unspecified atom stereocenters. The van der Waals surface area contributed by atoms with E-state index in [0.717, 1.165) is 29.9 Å². The van der Waals surface area contributed by atoms with Crippen LogP contribution in [0.15, 0.2) is 36.4 Å². The number of hydrogen-bond acceptors (Lipinski definition) is 2. The number of carbonyl (C=O) groups is 1. The Morgan fingerprint density at radius 2 is 2.05 bits per heavy atom. The second-order valence-corrected chi connectivity index (χ2v) is 5.18. The molecular weight excluding hydrogens is 281 g/mol. The van der Waals surface area contributed by atoms with Crippen LogP contribution in [0.5, 0.6) is 0 Å². The van der Waals surface area contributed by atoms with Gasteiger partial charge in [0.25, 0.3) is 0 Å². The standard InChI is InChI=1S/C17H20FN3O/c1-13-12-14(2)21(20-13)11-3-10-19-17(22)9-6-15-4-7-16(18)8-5-15/h4-9,12H,3,10-11H2,1-2H3,(H,19,22)/b9-6+. The first kappa shape index (κ1) is 15.9. The van der Waals surface area contributed by atoms with Gasteiger partial charge in [0.05, 0.1) is 5.69 Å². The number of halogens is 1. The minimum atomic E-state index is -0.286. The van der Waals surface area contributed by atoms with Crippen molar-refractivity contribution in [2.75, 3.05) is 6.54 Å². The maximum absolute atomic E-state index is 12.8. The van der Waals surface area contributed by atoms with Crippen molar-refractivity contribution >= 4 is 12.0 Å². The smallest absolute Gasteiger partial charge is 0.244 e. The SMILES string of the molecule is Cc1cc(C)n(CCCNC(=O)/C=C/c2ccc(F)cc2)n1. The summed E-state index contributed by atoms with van der Waals surface area (Å²) in [6.45, 7) is 5.35. The van der Waals surface area contributed by atoms with Crippen molar-refractivity contribution in [1.29, 1.82) is 0 Å². The van der Waals surface area contributed by atoms with Gasteiger partial charge in [0.1, 0.15) is 5.82 Å². The van der Waals surface area contributed by atoms with Gasteiger partial charge in [-0.15, -0.1) is 0 Å². The molecule has 0 saturated carbocycles. The van der Waals surface area contributed by atoms with Crippen LogP contribution in [0.3, 0.4) is 0 Å². The summed E-state index contributed by atoms with van der Waals surface area (Å²) in [5.41, 5.74) is 2.92. The lowest BCUT2D eigenvalue weighted by molar-refractivity contribution is -0.116. The number of nitrogens with one attached hydrogen (secondary N) is 1. The molecule has 116 valence electrons. The van der Waals surface area contributed by atoms with E-state index in [4.69, 9.17) is 0 Å². The molecule has 0 aliphatic heterocycles. The highest BCUT2D eigenvalue weighted by molar-refractivity contribution is 5.91. The largest absolute Gasteiger partial charge is 0.352 e. The first-order chi connectivity index (χ1) is 10.5. The van der Waals surface area contributed by atoms with Crippen LogP contribution in [-0.4, -0.2) is 22.2 Å². The molecule has 0 spiro atoms. The molecule has 0 fully saturated rings. The second kappa shape index (κ2) is 7.54. The molecular formula is C17H20FN3O. The summed E-state index contributed by atoms with van der Waals surface area (Å²) in [6, 6.07) is 8.02. The molecule has 2 rings (SSSR count). The summed E-state index contributed by atoms with van der Waals surface area (Å²) >= 11 is 0. The van der Waals surface area contributed by atoms with E-state index >= 15 is 0 Å². The van der Waals surface area contributed by atoms with Crippen molar-refractivity contribution in [2.45, 2.75) is 26.8 Å². The summed E-state index contributed by atoms with van der Waals surface area (Å²) in [5, 5.41) is 7.19. The second-order valence-electron chi connectivity index (χ2n) is 5.18. The van der Waals surface area contributed by atoms with Gasteiger partial charge >= 0.3 is 0 Å². The zero-order valence-corrected chi connectivity index (χ0v) is 12.8. The van der Waals surface area contributed by atoms with Crippen molar-refractivity contribution in [3.63, 3.8) is 0 Å². The van der Waals surface area contributed by atoms with Crippen molar-refractivity contribution in [2.24, 2.45) is 0 Å². The molecule has 1 aromatic heterocycles. The van der Waals surface area contributed by atoms with Gasteiger partial charge in [-0.3, -0.25) is 9.48 Å². The van der Waals surface area contributed by atoms with E-state index in [1.165, 1.54) is 18.2 Å². The predicted molar refractivity (Wildman–Crippen MR) is 84.8 cm³/mol. The number of amides is 1. The first-order valence-electron chi connectivity index (χ1n) is 7.27. The third kappa shape index (κ3) is 4.84. The Morgan fingerprint density at radius 3 is 2.68 bits per heavy atom. The molecule has 2 aromatic rings. The molecule has 0 radical (unpaired) electrons. The number of aryl methyl sites for hydroxylation is 3. The Morgan fingerprint density at radius 1 is 1.32 bits per heavy atom. The Kier molecular flexibility index (Phi) is 5.47. The molecule has 1 aromatic carbocycles. The van der Waals surface area contributed by atoms with Gasteiger partial charge in [0.15, 0.2) is 0 Å². The molecule has 0 atom stereocenters. The van der Waals surface area contributed by atoms with E-state index in [9.17, 15) is 9.18 Å². The lowest BCUT2D eigenvalue weighted by atomic mass is 10.2. The predicted octanol–water partition coefficient (Wildman–Crippen LogP) is 2.86. The first-order valence-corrected chi connectivity index (χ1v) is 7.27. The average molecular weight is 301 g/mol. The minimum absolute atomic E-state index is 0.155. The van der Waals surface area contributed by atoms with E-state index in [0.29, 0.717) is 6.54 Å². The number of aromatic nitrogens is 2. The van der Waals surface area contributed by atoms with Gasteiger partial charge in [-0.25, -0.2) is 4.39 Å². The van der Waals surface area contributed by atoms with Crippen LogP contribution >= 0.6 is 0 Å². The monoisotopic (exact) mass is 301 g/mol. The Hall–Kier alpha value is -2.43. The van der Waals surface area contributed by atoms with Crippen molar-refractivity contribution in [3.05, 3.63) is 59.2 Å². The maximum atomic E-state index is 12.8. The minimum Gasteiger partial charge on any atom is -0.352 e. The average Bonchev–Trinajstić information content (AvgIpc) is 2.81. The summed E-state index contributed by atoms with van der Waals surface area (Å²) in [4.78, 5) is 11.7. The van der Waals surface area contributed by atoms with Crippen LogP contribution in [-0.2, 0) is 11.3 Å². The molecule has 0 aliphatic carbocycles. The van der Waals surface area contributed by atoms with Crippen molar-refractivity contribution in [3.8, 4) is 0 Å². The third-order valence-corrected chi connectivity index (χ3v) is 3.25. The third-order valence-electron chi connectivity index (χ3n) is 3.25. The maximum Gasteiger partial charge on any atom is 0.244 e. The molecule has 0 saturated heterocycles. The zero-order valence-electron chi connectivity index (χ0n) is 12.8. The van der Waals surface area contributed by atoms with Crippen LogP contribution < -0.4 is 5.32 Å². The van der Waals surface area contributed by atoms with Gasteiger partial charge in [-0.05, 0) is 50.1 Å². The van der Waals surface area contributed by atoms with E-state index < -0.39 is 0 Å². The van der Waals surface area contributed by atoms with E-state index in [2.05, 4.69) is 10.4 Å². The van der Waals surface area contributed by atoms with Gasteiger partial charge < -0.3 is 5.32 Å². The summed E-state index contributed by atoms with van der Waals surface area (Å²) < 4.78 is 14.7. The number of nitrogens with zero attached hydrogens (tertiary/aromatic N) is 2. The fourth-order valence-corrected chi connectivity index (χ4v) is 2.15. The molecule has 0 bridgehead atoms.